The number of nitrogens with one attached hydrogen (secondary N) is 1. The second-order valence-corrected chi connectivity index (χ2v) is 5.15. The first kappa shape index (κ1) is 12.8. The van der Waals surface area contributed by atoms with E-state index in [1.165, 1.54) is 18.7 Å². The van der Waals surface area contributed by atoms with E-state index in [0.717, 1.165) is 5.69 Å². The smallest absolute Gasteiger partial charge is 0.225 e. The molecule has 0 heterocycles. The molecule has 0 aromatic heterocycles. The molecule has 0 spiro atoms. The fourth-order valence-corrected chi connectivity index (χ4v) is 2.12. The van der Waals surface area contributed by atoms with Gasteiger partial charge in [-0.15, -0.1) is 0 Å². The zero-order valence-electron chi connectivity index (χ0n) is 9.40. The van der Waals surface area contributed by atoms with Crippen LogP contribution in [0.3, 0.4) is 0 Å². The van der Waals surface area contributed by atoms with Gasteiger partial charge in [-0.1, -0.05) is 36.9 Å². The molecule has 1 N–H and O–H groups in total. The molecule has 1 atom stereocenters. The number of para-hydroxylation sites is 1. The fourth-order valence-electron chi connectivity index (χ4n) is 1.32. The van der Waals surface area contributed by atoms with Crippen LogP contribution in [0.15, 0.2) is 30.3 Å². The lowest BCUT2D eigenvalue weighted by atomic mass is 10.3. The Hall–Kier alpha value is -1.29. The lowest BCUT2D eigenvalue weighted by molar-refractivity contribution is -0.116. The van der Waals surface area contributed by atoms with Crippen molar-refractivity contribution in [3.05, 3.63) is 30.3 Å². The molecule has 0 unspecified atom stereocenters. The number of hydrogen-bond acceptors (Lipinski definition) is 3. The van der Waals surface area contributed by atoms with Gasteiger partial charge in [-0.25, -0.2) is 0 Å². The Kier molecular flexibility index (Phi) is 5.05. The van der Waals surface area contributed by atoms with Crippen molar-refractivity contribution in [2.24, 2.45) is 0 Å². The Morgan fingerprint density at radius 2 is 1.94 bits per heavy atom. The van der Waals surface area contributed by atoms with Crippen LogP contribution in [0, 0.1) is 0 Å². The lowest BCUT2D eigenvalue weighted by Gasteiger charge is -2.09. The van der Waals surface area contributed by atoms with Gasteiger partial charge in [-0.3, -0.25) is 9.59 Å². The third-order valence-corrected chi connectivity index (χ3v) is 2.80. The standard InChI is InChI=1S/C12H15NO2S/c1-9(16-10(2)14)8-12(15)13-11-6-4-3-5-7-11/h3-7,9H,8H2,1-2H3,(H,13,15)/t9-/m0/s1. The van der Waals surface area contributed by atoms with Gasteiger partial charge in [-0.2, -0.15) is 0 Å². The van der Waals surface area contributed by atoms with Gasteiger partial charge < -0.3 is 5.32 Å². The summed E-state index contributed by atoms with van der Waals surface area (Å²) >= 11 is 1.19. The highest BCUT2D eigenvalue weighted by atomic mass is 32.2. The quantitative estimate of drug-likeness (QED) is 0.875. The zero-order chi connectivity index (χ0) is 12.0. The summed E-state index contributed by atoms with van der Waals surface area (Å²) in [7, 11) is 0. The summed E-state index contributed by atoms with van der Waals surface area (Å²) in [5.74, 6) is -0.0625. The summed E-state index contributed by atoms with van der Waals surface area (Å²) in [6.07, 6.45) is 0.346. The zero-order valence-corrected chi connectivity index (χ0v) is 10.2. The maximum Gasteiger partial charge on any atom is 0.225 e. The number of benzene rings is 1. The van der Waals surface area contributed by atoms with Crippen molar-refractivity contribution in [1.29, 1.82) is 0 Å². The molecular weight excluding hydrogens is 222 g/mol. The highest BCUT2D eigenvalue weighted by molar-refractivity contribution is 8.14. The second-order valence-electron chi connectivity index (χ2n) is 3.54. The molecule has 0 aliphatic heterocycles. The van der Waals surface area contributed by atoms with Crippen molar-refractivity contribution in [2.45, 2.75) is 25.5 Å². The van der Waals surface area contributed by atoms with Crippen LogP contribution in [0.4, 0.5) is 5.69 Å². The van der Waals surface area contributed by atoms with Gasteiger partial charge in [0.2, 0.25) is 5.91 Å². The van der Waals surface area contributed by atoms with Crippen molar-refractivity contribution >= 4 is 28.5 Å². The molecular formula is C12H15NO2S. The Morgan fingerprint density at radius 1 is 1.31 bits per heavy atom. The Bertz CT molecular complexity index is 365. The van der Waals surface area contributed by atoms with Gasteiger partial charge in [0.05, 0.1) is 0 Å². The molecule has 1 aromatic rings. The SMILES string of the molecule is CC(=O)S[C@@H](C)CC(=O)Nc1ccccc1. The third-order valence-electron chi connectivity index (χ3n) is 1.90. The minimum atomic E-state index is -0.0625. The van der Waals surface area contributed by atoms with Gasteiger partial charge in [0.25, 0.3) is 0 Å². The van der Waals surface area contributed by atoms with Crippen LogP contribution in [0.1, 0.15) is 20.3 Å². The van der Waals surface area contributed by atoms with E-state index in [2.05, 4.69) is 5.32 Å². The van der Waals surface area contributed by atoms with Crippen LogP contribution in [-0.4, -0.2) is 16.3 Å². The molecule has 0 aliphatic rings. The molecule has 0 bridgehead atoms. The molecule has 0 saturated heterocycles. The first-order valence-electron chi connectivity index (χ1n) is 5.10. The summed E-state index contributed by atoms with van der Waals surface area (Å²) < 4.78 is 0. The van der Waals surface area contributed by atoms with Crippen LogP contribution < -0.4 is 5.32 Å². The van der Waals surface area contributed by atoms with E-state index in [9.17, 15) is 9.59 Å². The number of anilines is 1. The van der Waals surface area contributed by atoms with Crippen molar-refractivity contribution in [2.75, 3.05) is 5.32 Å². The number of rotatable bonds is 4. The van der Waals surface area contributed by atoms with E-state index in [0.29, 0.717) is 6.42 Å². The minimum absolute atomic E-state index is 0.0150. The third kappa shape index (κ3) is 4.98. The molecule has 0 aliphatic carbocycles. The number of carbonyl (C=O) groups excluding carboxylic acids is 2. The molecule has 3 nitrogen and oxygen atoms in total. The number of amides is 1. The molecule has 1 amide bonds. The molecule has 86 valence electrons. The van der Waals surface area contributed by atoms with Gasteiger partial charge in [0, 0.05) is 24.3 Å². The van der Waals surface area contributed by atoms with Crippen molar-refractivity contribution < 1.29 is 9.59 Å². The summed E-state index contributed by atoms with van der Waals surface area (Å²) in [6, 6.07) is 9.29. The maximum absolute atomic E-state index is 11.6. The van der Waals surface area contributed by atoms with E-state index in [1.807, 2.05) is 37.3 Å². The highest BCUT2D eigenvalue weighted by Gasteiger charge is 2.11. The molecule has 4 heteroatoms. The summed E-state index contributed by atoms with van der Waals surface area (Å²) in [6.45, 7) is 3.38. The van der Waals surface area contributed by atoms with Gasteiger partial charge >= 0.3 is 0 Å². The van der Waals surface area contributed by atoms with E-state index < -0.39 is 0 Å². The minimum Gasteiger partial charge on any atom is -0.326 e. The Morgan fingerprint density at radius 3 is 2.50 bits per heavy atom. The summed E-state index contributed by atoms with van der Waals surface area (Å²) in [5, 5.41) is 2.84. The lowest BCUT2D eigenvalue weighted by Crippen LogP contribution is -2.16. The summed E-state index contributed by atoms with van der Waals surface area (Å²) in [4.78, 5) is 22.4. The van der Waals surface area contributed by atoms with Crippen molar-refractivity contribution in [1.82, 2.24) is 0 Å². The van der Waals surface area contributed by atoms with Crippen LogP contribution >= 0.6 is 11.8 Å². The predicted octanol–water partition coefficient (Wildman–Crippen LogP) is 2.68. The van der Waals surface area contributed by atoms with E-state index >= 15 is 0 Å². The molecule has 1 aromatic carbocycles. The van der Waals surface area contributed by atoms with Crippen LogP contribution in [-0.2, 0) is 9.59 Å². The van der Waals surface area contributed by atoms with E-state index in [1.54, 1.807) is 0 Å². The van der Waals surface area contributed by atoms with Gasteiger partial charge in [0.15, 0.2) is 5.12 Å². The first-order chi connectivity index (χ1) is 7.58. The largest absolute Gasteiger partial charge is 0.326 e. The normalized spacial score (nSPS) is 11.9. The van der Waals surface area contributed by atoms with E-state index in [4.69, 9.17) is 0 Å². The fraction of sp³-hybridized carbons (Fsp3) is 0.333. The number of thioether (sulfide) groups is 1. The van der Waals surface area contributed by atoms with Crippen molar-refractivity contribution in [3.8, 4) is 0 Å². The second kappa shape index (κ2) is 6.33. The molecule has 0 saturated carbocycles. The van der Waals surface area contributed by atoms with E-state index in [-0.39, 0.29) is 16.3 Å². The molecule has 1 rings (SSSR count). The first-order valence-corrected chi connectivity index (χ1v) is 5.98. The van der Waals surface area contributed by atoms with Crippen LogP contribution in [0.5, 0.6) is 0 Å². The Labute approximate surface area is 99.6 Å². The summed E-state index contributed by atoms with van der Waals surface area (Å²) in [5.41, 5.74) is 0.785. The molecule has 0 fully saturated rings. The van der Waals surface area contributed by atoms with Crippen LogP contribution in [0.2, 0.25) is 0 Å². The highest BCUT2D eigenvalue weighted by Crippen LogP contribution is 2.15. The molecule has 16 heavy (non-hydrogen) atoms. The number of carbonyl (C=O) groups is 2. The number of hydrogen-bond donors (Lipinski definition) is 1. The Balaban J connectivity index is 2.39. The average Bonchev–Trinajstić information content (AvgIpc) is 2.17. The van der Waals surface area contributed by atoms with Crippen LogP contribution in [0.25, 0.3) is 0 Å². The van der Waals surface area contributed by atoms with Crippen molar-refractivity contribution in [3.63, 3.8) is 0 Å². The average molecular weight is 237 g/mol. The van der Waals surface area contributed by atoms with Gasteiger partial charge in [-0.05, 0) is 12.1 Å². The monoisotopic (exact) mass is 237 g/mol. The van der Waals surface area contributed by atoms with Gasteiger partial charge in [0.1, 0.15) is 0 Å². The maximum atomic E-state index is 11.6. The predicted molar refractivity (Wildman–Crippen MR) is 67.4 cm³/mol. The topological polar surface area (TPSA) is 46.2 Å². The molecule has 0 radical (unpaired) electrons.